The lowest BCUT2D eigenvalue weighted by Crippen LogP contribution is -2.37. The minimum absolute atomic E-state index is 0.0993. The van der Waals surface area contributed by atoms with Crippen LogP contribution in [0.15, 0.2) is 17.0 Å². The van der Waals surface area contributed by atoms with Gasteiger partial charge in [0.05, 0.1) is 0 Å². The summed E-state index contributed by atoms with van der Waals surface area (Å²) in [4.78, 5) is -0.575. The highest BCUT2D eigenvalue weighted by molar-refractivity contribution is 7.89. The van der Waals surface area contributed by atoms with Gasteiger partial charge in [-0.2, -0.15) is 0 Å². The molecule has 1 aromatic carbocycles. The second kappa shape index (κ2) is 6.60. The molecule has 0 spiro atoms. The number of sulfonamides is 1. The van der Waals surface area contributed by atoms with Gasteiger partial charge in [-0.05, 0) is 25.0 Å². The molecule has 0 aromatic heterocycles. The van der Waals surface area contributed by atoms with Crippen LogP contribution in [0.25, 0.3) is 0 Å². The van der Waals surface area contributed by atoms with Gasteiger partial charge in [0.1, 0.15) is 10.7 Å². The molecule has 3 N–H and O–H groups in total. The highest BCUT2D eigenvalue weighted by Gasteiger charge is 2.25. The van der Waals surface area contributed by atoms with Crippen molar-refractivity contribution in [3.05, 3.63) is 29.3 Å². The van der Waals surface area contributed by atoms with Crippen molar-refractivity contribution in [3.63, 3.8) is 0 Å². The van der Waals surface area contributed by atoms with Gasteiger partial charge in [0.2, 0.25) is 10.0 Å². The monoisotopic (exact) mass is 306 g/mol. The molecule has 0 aliphatic rings. The molecule has 20 heavy (non-hydrogen) atoms. The van der Waals surface area contributed by atoms with Crippen LogP contribution in [0.1, 0.15) is 32.8 Å². The molecule has 0 radical (unpaired) electrons. The summed E-state index contributed by atoms with van der Waals surface area (Å²) >= 11 is 0. The molecule has 0 aliphatic carbocycles. The molecule has 114 valence electrons. The van der Waals surface area contributed by atoms with E-state index in [2.05, 4.69) is 4.72 Å². The predicted octanol–water partition coefficient (Wildman–Crippen LogP) is 2.14. The van der Waals surface area contributed by atoms with Crippen molar-refractivity contribution in [2.45, 2.75) is 44.7 Å². The van der Waals surface area contributed by atoms with E-state index < -0.39 is 38.7 Å². The molecule has 7 heteroatoms. The number of halogens is 2. The van der Waals surface area contributed by atoms with Crippen LogP contribution in [0.4, 0.5) is 8.78 Å². The van der Waals surface area contributed by atoms with E-state index in [1.807, 2.05) is 13.8 Å². The molecule has 0 amide bonds. The van der Waals surface area contributed by atoms with Crippen molar-refractivity contribution >= 4 is 10.0 Å². The standard InChI is InChI=1S/C13H20F2N2O2S/c1-4-8(2)9(3)17-20(18,19)12-6-5-11(14)10(7-16)13(12)15/h5-6,8-9,17H,4,7,16H2,1-3H3. The molecule has 0 heterocycles. The van der Waals surface area contributed by atoms with Crippen LogP contribution < -0.4 is 10.5 Å². The van der Waals surface area contributed by atoms with Gasteiger partial charge < -0.3 is 5.73 Å². The first kappa shape index (κ1) is 17.0. The number of benzene rings is 1. The molecule has 1 rings (SSSR count). The van der Waals surface area contributed by atoms with Gasteiger partial charge in [-0.15, -0.1) is 0 Å². The molecule has 0 saturated carbocycles. The van der Waals surface area contributed by atoms with Crippen LogP contribution in [0, 0.1) is 17.6 Å². The van der Waals surface area contributed by atoms with E-state index in [9.17, 15) is 17.2 Å². The maximum atomic E-state index is 14.0. The summed E-state index contributed by atoms with van der Waals surface area (Å²) in [6.07, 6.45) is 0.781. The molecular formula is C13H20F2N2O2S. The zero-order chi connectivity index (χ0) is 15.5. The lowest BCUT2D eigenvalue weighted by atomic mass is 10.0. The third kappa shape index (κ3) is 3.53. The van der Waals surface area contributed by atoms with Crippen LogP contribution in [-0.2, 0) is 16.6 Å². The Morgan fingerprint density at radius 2 is 1.90 bits per heavy atom. The normalized spacial score (nSPS) is 15.1. The van der Waals surface area contributed by atoms with Crippen LogP contribution in [-0.4, -0.2) is 14.5 Å². The Kier molecular flexibility index (Phi) is 5.61. The molecular weight excluding hydrogens is 286 g/mol. The Bertz CT molecular complexity index is 576. The molecule has 0 aliphatic heterocycles. The number of hydrogen-bond donors (Lipinski definition) is 2. The Balaban J connectivity index is 3.17. The van der Waals surface area contributed by atoms with Crippen molar-refractivity contribution < 1.29 is 17.2 Å². The maximum absolute atomic E-state index is 14.0. The minimum atomic E-state index is -4.04. The third-order valence-corrected chi connectivity index (χ3v) is 5.06. The van der Waals surface area contributed by atoms with Gasteiger partial charge in [0.15, 0.2) is 5.82 Å². The SMILES string of the molecule is CCC(C)C(C)NS(=O)(=O)c1ccc(F)c(CN)c1F. The number of rotatable bonds is 6. The predicted molar refractivity (Wildman–Crippen MR) is 73.5 cm³/mol. The topological polar surface area (TPSA) is 72.2 Å². The van der Waals surface area contributed by atoms with Crippen molar-refractivity contribution in [1.29, 1.82) is 0 Å². The molecule has 2 atom stereocenters. The quantitative estimate of drug-likeness (QED) is 0.845. The van der Waals surface area contributed by atoms with Gasteiger partial charge in [-0.25, -0.2) is 21.9 Å². The summed E-state index contributed by atoms with van der Waals surface area (Å²) in [7, 11) is -4.04. The second-order valence-electron chi connectivity index (χ2n) is 4.84. The molecule has 0 bridgehead atoms. The Hall–Kier alpha value is -1.05. The molecule has 2 unspecified atom stereocenters. The fraction of sp³-hybridized carbons (Fsp3) is 0.538. The highest BCUT2D eigenvalue weighted by Crippen LogP contribution is 2.21. The lowest BCUT2D eigenvalue weighted by Gasteiger charge is -2.20. The van der Waals surface area contributed by atoms with Crippen molar-refractivity contribution in [3.8, 4) is 0 Å². The Morgan fingerprint density at radius 3 is 2.40 bits per heavy atom. The van der Waals surface area contributed by atoms with E-state index in [4.69, 9.17) is 5.73 Å². The van der Waals surface area contributed by atoms with Crippen LogP contribution >= 0.6 is 0 Å². The Labute approximate surface area is 118 Å². The van der Waals surface area contributed by atoms with Crippen molar-refractivity contribution in [2.24, 2.45) is 11.7 Å². The fourth-order valence-electron chi connectivity index (χ4n) is 1.75. The van der Waals surface area contributed by atoms with Gasteiger partial charge in [0.25, 0.3) is 0 Å². The summed E-state index contributed by atoms with van der Waals surface area (Å²) in [6, 6.07) is 1.47. The average Bonchev–Trinajstić information content (AvgIpc) is 2.37. The van der Waals surface area contributed by atoms with Gasteiger partial charge in [-0.3, -0.25) is 0 Å². The van der Waals surface area contributed by atoms with Crippen LogP contribution in [0.5, 0.6) is 0 Å². The Morgan fingerprint density at radius 1 is 1.30 bits per heavy atom. The van der Waals surface area contributed by atoms with E-state index >= 15 is 0 Å². The van der Waals surface area contributed by atoms with E-state index in [-0.39, 0.29) is 12.0 Å². The third-order valence-electron chi connectivity index (χ3n) is 3.48. The van der Waals surface area contributed by atoms with E-state index in [1.165, 1.54) is 0 Å². The van der Waals surface area contributed by atoms with Crippen LogP contribution in [0.2, 0.25) is 0 Å². The largest absolute Gasteiger partial charge is 0.326 e. The van der Waals surface area contributed by atoms with Gasteiger partial charge in [0, 0.05) is 18.2 Å². The fourth-order valence-corrected chi connectivity index (χ4v) is 3.20. The average molecular weight is 306 g/mol. The maximum Gasteiger partial charge on any atom is 0.243 e. The van der Waals surface area contributed by atoms with E-state index in [0.29, 0.717) is 0 Å². The summed E-state index contributed by atoms with van der Waals surface area (Å²) in [5.41, 5.74) is 4.81. The molecule has 0 saturated heterocycles. The van der Waals surface area contributed by atoms with Gasteiger partial charge >= 0.3 is 0 Å². The van der Waals surface area contributed by atoms with Gasteiger partial charge in [-0.1, -0.05) is 20.3 Å². The summed E-state index contributed by atoms with van der Waals surface area (Å²) < 4.78 is 54.1. The smallest absolute Gasteiger partial charge is 0.243 e. The summed E-state index contributed by atoms with van der Waals surface area (Å²) in [5.74, 6) is -1.88. The van der Waals surface area contributed by atoms with E-state index in [0.717, 1.165) is 18.6 Å². The first-order valence-corrected chi connectivity index (χ1v) is 7.92. The molecule has 1 aromatic rings. The number of hydrogen-bond acceptors (Lipinski definition) is 3. The zero-order valence-corrected chi connectivity index (χ0v) is 12.6. The number of nitrogens with two attached hydrogens (primary N) is 1. The number of nitrogens with one attached hydrogen (secondary N) is 1. The van der Waals surface area contributed by atoms with Crippen LogP contribution in [0.3, 0.4) is 0 Å². The summed E-state index contributed by atoms with van der Waals surface area (Å²) in [5, 5.41) is 0. The second-order valence-corrected chi connectivity index (χ2v) is 6.52. The van der Waals surface area contributed by atoms with Crippen molar-refractivity contribution in [1.82, 2.24) is 4.72 Å². The highest BCUT2D eigenvalue weighted by atomic mass is 32.2. The first-order chi connectivity index (χ1) is 9.24. The first-order valence-electron chi connectivity index (χ1n) is 6.43. The van der Waals surface area contributed by atoms with Crippen molar-refractivity contribution in [2.75, 3.05) is 0 Å². The minimum Gasteiger partial charge on any atom is -0.326 e. The molecule has 4 nitrogen and oxygen atoms in total. The molecule has 0 fully saturated rings. The lowest BCUT2D eigenvalue weighted by molar-refractivity contribution is 0.432. The summed E-state index contributed by atoms with van der Waals surface area (Å²) in [6.45, 7) is 5.12. The van der Waals surface area contributed by atoms with E-state index in [1.54, 1.807) is 6.92 Å². The zero-order valence-electron chi connectivity index (χ0n) is 11.8.